The normalized spacial score (nSPS) is 10.8. The van der Waals surface area contributed by atoms with Gasteiger partial charge in [-0.2, -0.15) is 0 Å². The number of rotatable bonds is 5. The van der Waals surface area contributed by atoms with Gasteiger partial charge in [0.15, 0.2) is 0 Å². The van der Waals surface area contributed by atoms with Crippen molar-refractivity contribution in [3.05, 3.63) is 53.5 Å². The molecule has 20 heavy (non-hydrogen) atoms. The Labute approximate surface area is 117 Å². The molecule has 1 aromatic heterocycles. The van der Waals surface area contributed by atoms with E-state index in [4.69, 9.17) is 14.9 Å². The number of carbonyl (C=O) groups excluding carboxylic acids is 1. The lowest BCUT2D eigenvalue weighted by atomic mass is 10.0. The van der Waals surface area contributed by atoms with Gasteiger partial charge in [-0.1, -0.05) is 12.1 Å². The van der Waals surface area contributed by atoms with Gasteiger partial charge in [-0.15, -0.1) is 0 Å². The quantitative estimate of drug-likeness (QED) is 0.669. The molecule has 106 valence electrons. The third kappa shape index (κ3) is 3.19. The number of nitrogens with zero attached hydrogens (tertiary/aromatic N) is 1. The number of nitrogen functional groups attached to an aromatic ring is 1. The minimum atomic E-state index is -0.413. The Balaban J connectivity index is 2.16. The summed E-state index contributed by atoms with van der Waals surface area (Å²) in [4.78, 5) is 13.9. The van der Waals surface area contributed by atoms with E-state index in [1.54, 1.807) is 12.3 Å². The van der Waals surface area contributed by atoms with Crippen molar-refractivity contribution in [3.63, 3.8) is 0 Å². The van der Waals surface area contributed by atoms with Crippen molar-refractivity contribution in [2.24, 2.45) is 0 Å². The molecule has 0 atom stereocenters. The summed E-state index contributed by atoms with van der Waals surface area (Å²) in [6, 6.07) is 9.17. The molecule has 0 amide bonds. The number of ether oxygens (including phenoxy) is 1. The zero-order chi connectivity index (χ0) is 14.5. The molecule has 5 heteroatoms. The van der Waals surface area contributed by atoms with Crippen LogP contribution in [0.15, 0.2) is 41.0 Å². The second kappa shape index (κ2) is 6.25. The van der Waals surface area contributed by atoms with E-state index in [1.165, 1.54) is 7.11 Å². The van der Waals surface area contributed by atoms with Gasteiger partial charge in [0.2, 0.25) is 0 Å². The zero-order valence-corrected chi connectivity index (χ0v) is 11.6. The van der Waals surface area contributed by atoms with E-state index in [2.05, 4.69) is 0 Å². The van der Waals surface area contributed by atoms with Crippen molar-refractivity contribution >= 4 is 11.7 Å². The van der Waals surface area contributed by atoms with Crippen LogP contribution in [0, 0.1) is 0 Å². The van der Waals surface area contributed by atoms with Gasteiger partial charge in [-0.3, -0.25) is 4.90 Å². The van der Waals surface area contributed by atoms with Crippen molar-refractivity contribution in [2.75, 3.05) is 19.9 Å². The summed E-state index contributed by atoms with van der Waals surface area (Å²) < 4.78 is 10.1. The number of hydrogen-bond donors (Lipinski definition) is 1. The number of esters is 1. The van der Waals surface area contributed by atoms with Crippen LogP contribution in [0.25, 0.3) is 0 Å². The molecule has 0 aliphatic carbocycles. The standard InChI is InChI=1S/C15H18N2O3/c1-17(10-12-6-4-8-20-12)9-11-5-3-7-13(16)14(11)15(18)19-2/h3-8H,9-10,16H2,1-2H3. The molecular formula is C15H18N2O3. The van der Waals surface area contributed by atoms with Crippen LogP contribution >= 0.6 is 0 Å². The van der Waals surface area contributed by atoms with Crippen molar-refractivity contribution in [2.45, 2.75) is 13.1 Å². The van der Waals surface area contributed by atoms with Gasteiger partial charge in [0.05, 0.1) is 25.5 Å². The Hall–Kier alpha value is -2.27. The summed E-state index contributed by atoms with van der Waals surface area (Å²) in [6.45, 7) is 1.23. The van der Waals surface area contributed by atoms with Crippen molar-refractivity contribution in [3.8, 4) is 0 Å². The Morgan fingerprint density at radius 3 is 2.75 bits per heavy atom. The number of carbonyl (C=O) groups is 1. The van der Waals surface area contributed by atoms with Crippen LogP contribution < -0.4 is 5.73 Å². The summed E-state index contributed by atoms with van der Waals surface area (Å²) >= 11 is 0. The lowest BCUT2D eigenvalue weighted by Gasteiger charge is -2.18. The van der Waals surface area contributed by atoms with Gasteiger partial charge in [-0.05, 0) is 30.8 Å². The maximum Gasteiger partial charge on any atom is 0.340 e. The highest BCUT2D eigenvalue weighted by Crippen LogP contribution is 2.20. The van der Waals surface area contributed by atoms with E-state index >= 15 is 0 Å². The van der Waals surface area contributed by atoms with Gasteiger partial charge in [0, 0.05) is 12.2 Å². The number of furan rings is 1. The zero-order valence-electron chi connectivity index (χ0n) is 11.6. The van der Waals surface area contributed by atoms with Gasteiger partial charge >= 0.3 is 5.97 Å². The minimum absolute atomic E-state index is 0.413. The lowest BCUT2D eigenvalue weighted by Crippen LogP contribution is -2.20. The van der Waals surface area contributed by atoms with Crippen LogP contribution in [0.5, 0.6) is 0 Å². The Kier molecular flexibility index (Phi) is 4.42. The average Bonchev–Trinajstić information content (AvgIpc) is 2.91. The van der Waals surface area contributed by atoms with Gasteiger partial charge < -0.3 is 14.9 Å². The summed E-state index contributed by atoms with van der Waals surface area (Å²) in [5.74, 6) is 0.459. The van der Waals surface area contributed by atoms with Crippen LogP contribution in [0.1, 0.15) is 21.7 Å². The van der Waals surface area contributed by atoms with E-state index in [9.17, 15) is 4.79 Å². The third-order valence-electron chi connectivity index (χ3n) is 3.02. The number of hydrogen-bond acceptors (Lipinski definition) is 5. The molecular weight excluding hydrogens is 256 g/mol. The van der Waals surface area contributed by atoms with E-state index in [-0.39, 0.29) is 0 Å². The first-order chi connectivity index (χ1) is 9.61. The maximum atomic E-state index is 11.8. The van der Waals surface area contributed by atoms with Crippen LogP contribution in [0.3, 0.4) is 0 Å². The molecule has 0 bridgehead atoms. The molecule has 0 saturated carbocycles. The molecule has 1 aromatic carbocycles. The first-order valence-electron chi connectivity index (χ1n) is 6.28. The molecule has 1 heterocycles. The highest BCUT2D eigenvalue weighted by atomic mass is 16.5. The first kappa shape index (κ1) is 14.1. The van der Waals surface area contributed by atoms with Gasteiger partial charge in [0.1, 0.15) is 5.76 Å². The molecule has 2 N–H and O–H groups in total. The summed E-state index contributed by atoms with van der Waals surface area (Å²) in [6.07, 6.45) is 1.64. The molecule has 0 saturated heterocycles. The maximum absolute atomic E-state index is 11.8. The van der Waals surface area contributed by atoms with Crippen molar-refractivity contribution in [1.29, 1.82) is 0 Å². The molecule has 0 aliphatic heterocycles. The number of benzene rings is 1. The largest absolute Gasteiger partial charge is 0.468 e. The fourth-order valence-corrected chi connectivity index (χ4v) is 2.12. The van der Waals surface area contributed by atoms with Crippen molar-refractivity contribution < 1.29 is 13.9 Å². The number of nitrogens with two attached hydrogens (primary N) is 1. The Morgan fingerprint density at radius 1 is 1.30 bits per heavy atom. The predicted octanol–water partition coefficient (Wildman–Crippen LogP) is 2.28. The van der Waals surface area contributed by atoms with E-state index in [0.717, 1.165) is 11.3 Å². The second-order valence-electron chi connectivity index (χ2n) is 4.62. The Bertz CT molecular complexity index is 579. The molecule has 2 aromatic rings. The highest BCUT2D eigenvalue weighted by molar-refractivity contribution is 5.96. The monoisotopic (exact) mass is 274 g/mol. The van der Waals surface area contributed by atoms with E-state index < -0.39 is 5.97 Å². The molecule has 5 nitrogen and oxygen atoms in total. The smallest absolute Gasteiger partial charge is 0.340 e. The molecule has 0 aliphatic rings. The number of anilines is 1. The molecule has 0 spiro atoms. The van der Waals surface area contributed by atoms with E-state index in [1.807, 2.05) is 36.2 Å². The topological polar surface area (TPSA) is 68.7 Å². The molecule has 2 rings (SSSR count). The van der Waals surface area contributed by atoms with Crippen LogP contribution in [0.2, 0.25) is 0 Å². The second-order valence-corrected chi connectivity index (χ2v) is 4.62. The summed E-state index contributed by atoms with van der Waals surface area (Å²) in [5, 5.41) is 0. The molecule has 0 radical (unpaired) electrons. The van der Waals surface area contributed by atoms with Crippen LogP contribution in [-0.2, 0) is 17.8 Å². The Morgan fingerprint density at radius 2 is 2.10 bits per heavy atom. The van der Waals surface area contributed by atoms with Crippen LogP contribution in [0.4, 0.5) is 5.69 Å². The van der Waals surface area contributed by atoms with Gasteiger partial charge in [-0.25, -0.2) is 4.79 Å². The average molecular weight is 274 g/mol. The SMILES string of the molecule is COC(=O)c1c(N)cccc1CN(C)Cc1ccco1. The number of methoxy groups -OCH3 is 1. The van der Waals surface area contributed by atoms with Gasteiger partial charge in [0.25, 0.3) is 0 Å². The predicted molar refractivity (Wildman–Crippen MR) is 76.1 cm³/mol. The molecule has 0 fully saturated rings. The fourth-order valence-electron chi connectivity index (χ4n) is 2.12. The minimum Gasteiger partial charge on any atom is -0.468 e. The summed E-state index contributed by atoms with van der Waals surface area (Å²) in [5.41, 5.74) is 7.57. The fraction of sp³-hybridized carbons (Fsp3) is 0.267. The van der Waals surface area contributed by atoms with Crippen molar-refractivity contribution in [1.82, 2.24) is 4.90 Å². The third-order valence-corrected chi connectivity index (χ3v) is 3.02. The summed E-state index contributed by atoms with van der Waals surface area (Å²) in [7, 11) is 3.30. The van der Waals surface area contributed by atoms with E-state index in [0.29, 0.717) is 24.3 Å². The van der Waals surface area contributed by atoms with Crippen LogP contribution in [-0.4, -0.2) is 25.0 Å². The first-order valence-corrected chi connectivity index (χ1v) is 6.28. The molecule has 0 unspecified atom stereocenters. The highest BCUT2D eigenvalue weighted by Gasteiger charge is 2.16. The lowest BCUT2D eigenvalue weighted by molar-refractivity contribution is 0.0599.